The third-order valence-corrected chi connectivity index (χ3v) is 10.5. The summed E-state index contributed by atoms with van der Waals surface area (Å²) in [6.45, 7) is 1.67. The summed E-state index contributed by atoms with van der Waals surface area (Å²) < 4.78 is 29.7. The average molecular weight is 549 g/mol. The number of carbonyl (C=O) groups excluding carboxylic acids is 3. The lowest BCUT2D eigenvalue weighted by Crippen LogP contribution is -2.52. The van der Waals surface area contributed by atoms with Crippen molar-refractivity contribution in [2.75, 3.05) is 13.1 Å². The first-order valence-corrected chi connectivity index (χ1v) is 14.7. The molecule has 2 aliphatic heterocycles. The molecule has 0 spiro atoms. The Morgan fingerprint density at radius 2 is 2.08 bits per heavy atom. The van der Waals surface area contributed by atoms with E-state index in [1.807, 2.05) is 18.4 Å². The van der Waals surface area contributed by atoms with E-state index >= 15 is 0 Å². The second kappa shape index (κ2) is 9.54. The van der Waals surface area contributed by atoms with Crippen molar-refractivity contribution in [1.29, 1.82) is 0 Å². The van der Waals surface area contributed by atoms with Crippen molar-refractivity contribution in [3.63, 3.8) is 0 Å². The van der Waals surface area contributed by atoms with Gasteiger partial charge in [0, 0.05) is 28.1 Å². The first kappa shape index (κ1) is 24.8. The molecule has 10 nitrogen and oxygen atoms in total. The highest BCUT2D eigenvalue weighted by atomic mass is 32.2. The average Bonchev–Trinajstić information content (AvgIpc) is 3.60. The molecule has 0 radical (unpaired) electrons. The summed E-state index contributed by atoms with van der Waals surface area (Å²) in [6.07, 6.45) is 2.36. The van der Waals surface area contributed by atoms with Gasteiger partial charge in [0.25, 0.3) is 5.91 Å². The number of nitrogens with one attached hydrogen (secondary N) is 1. The van der Waals surface area contributed by atoms with Crippen LogP contribution in [0.2, 0.25) is 0 Å². The van der Waals surface area contributed by atoms with Crippen LogP contribution < -0.4 is 10.0 Å². The van der Waals surface area contributed by atoms with E-state index in [1.54, 1.807) is 6.07 Å². The molecule has 13 heteroatoms. The lowest BCUT2D eigenvalue weighted by molar-refractivity contribution is -0.646. The molecule has 3 aromatic rings. The van der Waals surface area contributed by atoms with Gasteiger partial charge in [-0.25, -0.2) is 8.42 Å². The zero-order valence-corrected chi connectivity index (χ0v) is 21.8. The summed E-state index contributed by atoms with van der Waals surface area (Å²) in [4.78, 5) is 41.3. The monoisotopic (exact) mass is 548 g/mol. The van der Waals surface area contributed by atoms with E-state index in [0.717, 1.165) is 19.9 Å². The molecule has 1 N–H and O–H groups in total. The molecule has 0 aliphatic carbocycles. The maximum atomic E-state index is 13.5. The summed E-state index contributed by atoms with van der Waals surface area (Å²) in [5.74, 6) is -1.15. The van der Waals surface area contributed by atoms with Crippen LogP contribution in [0.25, 0.3) is 9.40 Å². The molecule has 0 aromatic carbocycles. The minimum atomic E-state index is -4.24. The topological polar surface area (TPSA) is 131 Å². The van der Waals surface area contributed by atoms with Gasteiger partial charge in [0.15, 0.2) is 12.0 Å². The Labute approximate surface area is 215 Å². The molecular formula is C23H24N4O6S3. The van der Waals surface area contributed by atoms with Crippen molar-refractivity contribution in [3.8, 4) is 0 Å². The van der Waals surface area contributed by atoms with E-state index in [4.69, 9.17) is 0 Å². The molecule has 0 bridgehead atoms. The highest BCUT2D eigenvalue weighted by Crippen LogP contribution is 2.34. The van der Waals surface area contributed by atoms with Gasteiger partial charge in [-0.05, 0) is 36.4 Å². The Balaban J connectivity index is 1.35. The SMILES string of the molecule is CCCC(NC(=O)c1cc2sccc2s1)C(=O)N1CCC2C1C(=O)CN2S(=O)(=O)c1cccc[n+]1[O-]. The Kier molecular flexibility index (Phi) is 6.57. The number of nitrogens with zero attached hydrogens (tertiary/aromatic N) is 3. The number of thiophene rings is 2. The number of likely N-dealkylation sites (tertiary alicyclic amines) is 1. The van der Waals surface area contributed by atoms with Gasteiger partial charge in [0.05, 0.1) is 17.5 Å². The van der Waals surface area contributed by atoms with Gasteiger partial charge in [-0.3, -0.25) is 14.4 Å². The molecule has 3 aromatic heterocycles. The van der Waals surface area contributed by atoms with Gasteiger partial charge in [-0.2, -0.15) is 9.04 Å². The van der Waals surface area contributed by atoms with Crippen molar-refractivity contribution < 1.29 is 27.5 Å². The number of sulfonamides is 1. The van der Waals surface area contributed by atoms with Crippen molar-refractivity contribution in [3.05, 3.63) is 52.0 Å². The van der Waals surface area contributed by atoms with Crippen molar-refractivity contribution in [2.45, 2.75) is 49.3 Å². The van der Waals surface area contributed by atoms with Crippen LogP contribution in [0.4, 0.5) is 0 Å². The summed E-state index contributed by atoms with van der Waals surface area (Å²) in [5, 5.41) is 16.4. The van der Waals surface area contributed by atoms with Crippen LogP contribution in [0.5, 0.6) is 0 Å². The fourth-order valence-electron chi connectivity index (χ4n) is 4.93. The first-order chi connectivity index (χ1) is 17.2. The number of aromatic nitrogens is 1. The normalized spacial score (nSPS) is 21.1. The van der Waals surface area contributed by atoms with E-state index in [9.17, 15) is 28.0 Å². The van der Waals surface area contributed by atoms with Gasteiger partial charge in [-0.1, -0.05) is 13.3 Å². The smallest absolute Gasteiger partial charge is 0.323 e. The third kappa shape index (κ3) is 4.19. The molecule has 2 aliphatic rings. The molecule has 36 heavy (non-hydrogen) atoms. The molecule has 2 amide bonds. The van der Waals surface area contributed by atoms with E-state index < -0.39 is 51.4 Å². The highest BCUT2D eigenvalue weighted by Gasteiger charge is 2.55. The number of amides is 2. The van der Waals surface area contributed by atoms with E-state index in [1.165, 1.54) is 45.8 Å². The summed E-state index contributed by atoms with van der Waals surface area (Å²) >= 11 is 2.89. The Morgan fingerprint density at radius 1 is 1.28 bits per heavy atom. The van der Waals surface area contributed by atoms with Crippen LogP contribution in [0.15, 0.2) is 46.9 Å². The second-order valence-corrected chi connectivity index (χ2v) is 12.7. The molecule has 5 rings (SSSR count). The Bertz CT molecular complexity index is 1420. The van der Waals surface area contributed by atoms with Gasteiger partial charge in [0.2, 0.25) is 5.91 Å². The van der Waals surface area contributed by atoms with E-state index in [-0.39, 0.29) is 23.6 Å². The lowest BCUT2D eigenvalue weighted by Gasteiger charge is -2.28. The number of ketones is 1. The van der Waals surface area contributed by atoms with Crippen LogP contribution in [-0.2, 0) is 19.6 Å². The summed E-state index contributed by atoms with van der Waals surface area (Å²) in [6, 6.07) is 5.26. The molecule has 2 saturated heterocycles. The molecule has 3 unspecified atom stereocenters. The number of carbonyl (C=O) groups is 3. The zero-order valence-electron chi connectivity index (χ0n) is 19.3. The zero-order chi connectivity index (χ0) is 25.6. The number of pyridine rings is 1. The van der Waals surface area contributed by atoms with Crippen LogP contribution in [0.1, 0.15) is 35.9 Å². The summed E-state index contributed by atoms with van der Waals surface area (Å²) in [7, 11) is -4.24. The molecule has 5 heterocycles. The van der Waals surface area contributed by atoms with Crippen LogP contribution in [0, 0.1) is 5.21 Å². The molecule has 2 fully saturated rings. The van der Waals surface area contributed by atoms with Crippen LogP contribution >= 0.6 is 22.7 Å². The minimum Gasteiger partial charge on any atom is -0.618 e. The number of hydrogen-bond donors (Lipinski definition) is 1. The summed E-state index contributed by atoms with van der Waals surface area (Å²) in [5.41, 5.74) is 0. The van der Waals surface area contributed by atoms with Gasteiger partial charge in [-0.15, -0.1) is 22.7 Å². The molecule has 190 valence electrons. The predicted octanol–water partition coefficient (Wildman–Crippen LogP) is 1.74. The minimum absolute atomic E-state index is 0.183. The van der Waals surface area contributed by atoms with Crippen molar-refractivity contribution in [2.24, 2.45) is 0 Å². The van der Waals surface area contributed by atoms with Crippen LogP contribution in [0.3, 0.4) is 0 Å². The molecule has 0 saturated carbocycles. The standard InChI is InChI=1S/C23H24N4O6S3/c1-2-5-14(24-22(29)19-12-18-17(35-19)8-11-34-18)23(30)25-10-7-15-21(25)16(28)13-27(15)36(32,33)20-6-3-4-9-26(20)31/h3-4,6,8-9,11-12,14-15,21H,2,5,7,10,13H2,1H3,(H,24,29). The maximum Gasteiger partial charge on any atom is 0.323 e. The van der Waals surface area contributed by atoms with Gasteiger partial charge in [0.1, 0.15) is 12.1 Å². The first-order valence-electron chi connectivity index (χ1n) is 11.5. The molecular weight excluding hydrogens is 524 g/mol. The molecule has 3 atom stereocenters. The Hall–Kier alpha value is -2.87. The van der Waals surface area contributed by atoms with Crippen molar-refractivity contribution in [1.82, 2.24) is 14.5 Å². The Morgan fingerprint density at radius 3 is 2.81 bits per heavy atom. The maximum absolute atomic E-state index is 13.5. The largest absolute Gasteiger partial charge is 0.618 e. The third-order valence-electron chi connectivity index (χ3n) is 6.57. The van der Waals surface area contributed by atoms with Crippen LogP contribution in [-0.4, -0.2) is 66.4 Å². The number of rotatable bonds is 7. The predicted molar refractivity (Wildman–Crippen MR) is 134 cm³/mol. The van der Waals surface area contributed by atoms with E-state index in [0.29, 0.717) is 17.7 Å². The number of Topliss-reactive ketones (excluding diaryl/α,β-unsaturated/α-hetero) is 1. The van der Waals surface area contributed by atoms with E-state index in [2.05, 4.69) is 5.32 Å². The second-order valence-electron chi connectivity index (χ2n) is 8.79. The quantitative estimate of drug-likeness (QED) is 0.354. The number of fused-ring (bicyclic) bond motifs is 2. The fraction of sp³-hybridized carbons (Fsp3) is 0.391. The fourth-order valence-corrected chi connectivity index (χ4v) is 8.59. The lowest BCUT2D eigenvalue weighted by atomic mass is 10.1. The highest BCUT2D eigenvalue weighted by molar-refractivity contribution is 7.89. The van der Waals surface area contributed by atoms with Gasteiger partial charge < -0.3 is 15.4 Å². The van der Waals surface area contributed by atoms with Crippen molar-refractivity contribution >= 4 is 59.7 Å². The number of hydrogen-bond acceptors (Lipinski definition) is 8. The van der Waals surface area contributed by atoms with Gasteiger partial charge >= 0.3 is 15.0 Å².